The number of esters is 1. The van der Waals surface area contributed by atoms with Gasteiger partial charge in [-0.1, -0.05) is 44.2 Å². The van der Waals surface area contributed by atoms with E-state index < -0.39 is 5.97 Å². The molecule has 1 aromatic rings. The lowest BCUT2D eigenvalue weighted by Gasteiger charge is -2.17. The van der Waals surface area contributed by atoms with Crippen LogP contribution in [0.4, 0.5) is 0 Å². The topological polar surface area (TPSA) is 54.0 Å². The molecule has 0 spiro atoms. The van der Waals surface area contributed by atoms with Crippen molar-refractivity contribution >= 4 is 5.97 Å². The number of carbonyl (C=O) groups is 1. The fourth-order valence-electron chi connectivity index (χ4n) is 2.38. The summed E-state index contributed by atoms with van der Waals surface area (Å²) in [5.74, 6) is 0.833. The highest BCUT2D eigenvalue weighted by Gasteiger charge is 2.19. The smallest absolute Gasteiger partial charge is 0.338 e. The molecule has 5 heteroatoms. The Labute approximate surface area is 162 Å². The molecule has 1 aromatic carbocycles. The fraction of sp³-hybridized carbons (Fsp3) is 0.409. The number of benzene rings is 1. The average molecular weight is 374 g/mol. The maximum absolute atomic E-state index is 11.9. The average Bonchev–Trinajstić information content (AvgIpc) is 2.69. The molecule has 0 bridgehead atoms. The molecule has 0 atom stereocenters. The molecule has 0 saturated heterocycles. The van der Waals surface area contributed by atoms with Crippen molar-refractivity contribution in [2.45, 2.75) is 32.1 Å². The van der Waals surface area contributed by atoms with Crippen LogP contribution < -0.4 is 14.2 Å². The maximum Gasteiger partial charge on any atom is 0.338 e. The lowest BCUT2D eigenvalue weighted by molar-refractivity contribution is 0.0599. The van der Waals surface area contributed by atoms with Crippen molar-refractivity contribution < 1.29 is 23.7 Å². The van der Waals surface area contributed by atoms with Gasteiger partial charge in [0, 0.05) is 0 Å². The summed E-state index contributed by atoms with van der Waals surface area (Å²) in [6.07, 6.45) is 10.5. The Bertz CT molecular complexity index is 588. The first-order valence-electron chi connectivity index (χ1n) is 9.15. The lowest BCUT2D eigenvalue weighted by Crippen LogP contribution is -2.08. The van der Waals surface area contributed by atoms with Crippen LogP contribution in [-0.4, -0.2) is 32.9 Å². The van der Waals surface area contributed by atoms with Crippen LogP contribution >= 0.6 is 0 Å². The lowest BCUT2D eigenvalue weighted by atomic mass is 10.1. The molecule has 0 aliphatic heterocycles. The molecule has 0 N–H and O–H groups in total. The molecule has 0 aliphatic rings. The number of ether oxygens (including phenoxy) is 4. The highest BCUT2D eigenvalue weighted by molar-refractivity contribution is 5.91. The molecule has 0 aromatic heterocycles. The predicted octanol–water partition coefficient (Wildman–Crippen LogP) is 5.12. The summed E-state index contributed by atoms with van der Waals surface area (Å²) in [5, 5.41) is 0. The Morgan fingerprint density at radius 1 is 0.889 bits per heavy atom. The zero-order valence-corrected chi connectivity index (χ0v) is 16.2. The molecule has 1 rings (SSSR count). The van der Waals surface area contributed by atoms with Gasteiger partial charge in [0.1, 0.15) is 13.2 Å². The highest BCUT2D eigenvalue weighted by Crippen LogP contribution is 2.39. The SMILES string of the molecule is C=CCCCCCCOc1c(OCC=C)cc(C(=O)OC)cc1OCC=C. The van der Waals surface area contributed by atoms with Gasteiger partial charge >= 0.3 is 5.97 Å². The first-order valence-corrected chi connectivity index (χ1v) is 9.15. The monoisotopic (exact) mass is 374 g/mol. The van der Waals surface area contributed by atoms with Gasteiger partial charge in [-0.2, -0.15) is 0 Å². The molecule has 0 unspecified atom stereocenters. The van der Waals surface area contributed by atoms with E-state index >= 15 is 0 Å². The Morgan fingerprint density at radius 3 is 2.00 bits per heavy atom. The minimum Gasteiger partial charge on any atom is -0.486 e. The molecule has 0 radical (unpaired) electrons. The van der Waals surface area contributed by atoms with Crippen molar-refractivity contribution in [3.8, 4) is 17.2 Å². The summed E-state index contributed by atoms with van der Waals surface area (Å²) in [5.41, 5.74) is 0.326. The number of allylic oxidation sites excluding steroid dienone is 1. The van der Waals surface area contributed by atoms with Crippen molar-refractivity contribution in [1.82, 2.24) is 0 Å². The molecule has 0 heterocycles. The van der Waals surface area contributed by atoms with E-state index in [4.69, 9.17) is 18.9 Å². The molecule has 0 fully saturated rings. The first-order chi connectivity index (χ1) is 13.2. The number of hydrogen-bond acceptors (Lipinski definition) is 5. The van der Waals surface area contributed by atoms with Gasteiger partial charge in [0.2, 0.25) is 5.75 Å². The zero-order chi connectivity index (χ0) is 19.9. The van der Waals surface area contributed by atoms with Crippen molar-refractivity contribution in [2.24, 2.45) is 0 Å². The molecule has 27 heavy (non-hydrogen) atoms. The van der Waals surface area contributed by atoms with Gasteiger partial charge in [0.15, 0.2) is 11.5 Å². The number of unbranched alkanes of at least 4 members (excludes halogenated alkanes) is 4. The molecule has 0 aliphatic carbocycles. The van der Waals surface area contributed by atoms with E-state index in [2.05, 4.69) is 19.7 Å². The van der Waals surface area contributed by atoms with E-state index in [1.807, 2.05) is 6.08 Å². The van der Waals surface area contributed by atoms with Gasteiger partial charge in [0.05, 0.1) is 19.3 Å². The third-order valence-corrected chi connectivity index (χ3v) is 3.70. The van der Waals surface area contributed by atoms with Crippen molar-refractivity contribution in [2.75, 3.05) is 26.9 Å². The van der Waals surface area contributed by atoms with Gasteiger partial charge in [-0.25, -0.2) is 4.79 Å². The van der Waals surface area contributed by atoms with E-state index in [0.29, 0.717) is 29.4 Å². The predicted molar refractivity (Wildman–Crippen MR) is 108 cm³/mol. The summed E-state index contributed by atoms with van der Waals surface area (Å²) in [6.45, 7) is 12.1. The van der Waals surface area contributed by atoms with Gasteiger partial charge < -0.3 is 18.9 Å². The minimum absolute atomic E-state index is 0.281. The maximum atomic E-state index is 11.9. The van der Waals surface area contributed by atoms with Crippen LogP contribution in [0.3, 0.4) is 0 Å². The number of methoxy groups -OCH3 is 1. The molecule has 0 amide bonds. The summed E-state index contributed by atoms with van der Waals surface area (Å²) in [7, 11) is 1.33. The molecule has 5 nitrogen and oxygen atoms in total. The van der Waals surface area contributed by atoms with Crippen LogP contribution in [0.25, 0.3) is 0 Å². The standard InChI is InChI=1S/C22H30O5/c1-5-8-9-10-11-12-15-27-21-19(25-13-6-2)16-18(22(23)24-4)17-20(21)26-14-7-3/h5-7,16-17H,1-3,8-15H2,4H3. The van der Waals surface area contributed by atoms with E-state index in [1.165, 1.54) is 7.11 Å². The number of hydrogen-bond donors (Lipinski definition) is 0. The van der Waals surface area contributed by atoms with Gasteiger partial charge in [-0.05, 0) is 31.4 Å². The Kier molecular flexibility index (Phi) is 11.2. The normalized spacial score (nSPS) is 9.96. The van der Waals surface area contributed by atoms with Gasteiger partial charge in [-0.3, -0.25) is 0 Å². The number of rotatable bonds is 15. The van der Waals surface area contributed by atoms with Crippen molar-refractivity contribution in [3.05, 3.63) is 55.7 Å². The Balaban J connectivity index is 2.93. The summed E-state index contributed by atoms with van der Waals surface area (Å²) in [6, 6.07) is 3.19. The van der Waals surface area contributed by atoms with Crippen LogP contribution in [0, 0.1) is 0 Å². The minimum atomic E-state index is -0.476. The second-order valence-corrected chi connectivity index (χ2v) is 5.83. The van der Waals surface area contributed by atoms with Crippen LogP contribution in [0.15, 0.2) is 50.1 Å². The van der Waals surface area contributed by atoms with Crippen LogP contribution in [-0.2, 0) is 4.74 Å². The molecule has 0 saturated carbocycles. The second kappa shape index (κ2) is 13.5. The second-order valence-electron chi connectivity index (χ2n) is 5.83. The Hall–Kier alpha value is -2.69. The van der Waals surface area contributed by atoms with E-state index in [9.17, 15) is 4.79 Å². The largest absolute Gasteiger partial charge is 0.486 e. The summed E-state index contributed by atoms with van der Waals surface area (Å²) < 4.78 is 22.1. The van der Waals surface area contributed by atoms with E-state index in [1.54, 1.807) is 24.3 Å². The molecule has 148 valence electrons. The van der Waals surface area contributed by atoms with Crippen LogP contribution in [0.5, 0.6) is 17.2 Å². The summed E-state index contributed by atoms with van der Waals surface area (Å²) >= 11 is 0. The molecular weight excluding hydrogens is 344 g/mol. The fourth-order valence-corrected chi connectivity index (χ4v) is 2.38. The van der Waals surface area contributed by atoms with E-state index in [0.717, 1.165) is 32.1 Å². The zero-order valence-electron chi connectivity index (χ0n) is 16.2. The van der Waals surface area contributed by atoms with Gasteiger partial charge in [-0.15, -0.1) is 6.58 Å². The van der Waals surface area contributed by atoms with E-state index in [-0.39, 0.29) is 13.2 Å². The third-order valence-electron chi connectivity index (χ3n) is 3.70. The van der Waals surface area contributed by atoms with Gasteiger partial charge in [0.25, 0.3) is 0 Å². The summed E-state index contributed by atoms with van der Waals surface area (Å²) in [4.78, 5) is 11.9. The van der Waals surface area contributed by atoms with Crippen molar-refractivity contribution in [3.63, 3.8) is 0 Å². The number of carbonyl (C=O) groups excluding carboxylic acids is 1. The third kappa shape index (κ3) is 8.03. The molecular formula is C22H30O5. The van der Waals surface area contributed by atoms with Crippen molar-refractivity contribution in [1.29, 1.82) is 0 Å². The first kappa shape index (κ1) is 22.4. The Morgan fingerprint density at radius 2 is 1.48 bits per heavy atom. The van der Waals surface area contributed by atoms with Crippen LogP contribution in [0.1, 0.15) is 42.5 Å². The van der Waals surface area contributed by atoms with Crippen LogP contribution in [0.2, 0.25) is 0 Å². The highest BCUT2D eigenvalue weighted by atomic mass is 16.5. The quantitative estimate of drug-likeness (QED) is 0.242.